The number of carbonyl (C=O) groups is 1. The molecule has 1 amide bonds. The number of halogens is 1. The lowest BCUT2D eigenvalue weighted by Crippen LogP contribution is -2.26. The molecule has 2 aromatic heterocycles. The first-order valence-electron chi connectivity index (χ1n) is 10.0. The third kappa shape index (κ3) is 4.19. The molecule has 0 bridgehead atoms. The van der Waals surface area contributed by atoms with Gasteiger partial charge in [-0.05, 0) is 39.0 Å². The van der Waals surface area contributed by atoms with Crippen molar-refractivity contribution in [2.75, 3.05) is 17.7 Å². The number of nitrogens with one attached hydrogen (secondary N) is 2. The number of carbonyl (C=O) groups excluding carboxylic acids is 1. The second-order valence-electron chi connectivity index (χ2n) is 8.22. The quantitative estimate of drug-likeness (QED) is 0.509. The molecule has 1 aromatic carbocycles. The molecule has 4 rings (SSSR count). The summed E-state index contributed by atoms with van der Waals surface area (Å²) in [6.45, 7) is 5.49. The van der Waals surface area contributed by atoms with E-state index in [-0.39, 0.29) is 11.5 Å². The summed E-state index contributed by atoms with van der Waals surface area (Å²) >= 11 is 0. The Morgan fingerprint density at radius 3 is 2.84 bits per heavy atom. The molecule has 166 valence electrons. The maximum atomic E-state index is 14.6. The molecule has 0 atom stereocenters. The lowest BCUT2D eigenvalue weighted by Gasteiger charge is -2.16. The summed E-state index contributed by atoms with van der Waals surface area (Å²) in [5.41, 5.74) is 1.81. The summed E-state index contributed by atoms with van der Waals surface area (Å²) in [7, 11) is 1.47. The number of ether oxygens (including phenoxy) is 1. The highest BCUT2D eigenvalue weighted by atomic mass is 19.1. The van der Waals surface area contributed by atoms with E-state index in [4.69, 9.17) is 4.74 Å². The third-order valence-corrected chi connectivity index (χ3v) is 4.98. The van der Waals surface area contributed by atoms with E-state index in [1.807, 2.05) is 0 Å². The van der Waals surface area contributed by atoms with Gasteiger partial charge in [-0.1, -0.05) is 6.07 Å². The molecule has 9 heteroatoms. The predicted octanol–water partition coefficient (Wildman–Crippen LogP) is 3.66. The fraction of sp³-hybridized carbons (Fsp3) is 0.261. The van der Waals surface area contributed by atoms with Gasteiger partial charge in [-0.3, -0.25) is 14.5 Å². The average molecular weight is 437 g/mol. The molecule has 0 aliphatic carbocycles. The highest BCUT2D eigenvalue weighted by Gasteiger charge is 2.28. The Morgan fingerprint density at radius 2 is 2.12 bits per heavy atom. The van der Waals surface area contributed by atoms with Crippen molar-refractivity contribution in [1.82, 2.24) is 14.8 Å². The van der Waals surface area contributed by atoms with Gasteiger partial charge in [-0.25, -0.2) is 4.39 Å². The van der Waals surface area contributed by atoms with Gasteiger partial charge in [0, 0.05) is 23.5 Å². The molecule has 8 nitrogen and oxygen atoms in total. The number of methoxy groups -OCH3 is 1. The molecule has 0 saturated heterocycles. The van der Waals surface area contributed by atoms with E-state index < -0.39 is 11.4 Å². The fourth-order valence-corrected chi connectivity index (χ4v) is 3.67. The van der Waals surface area contributed by atoms with Crippen LogP contribution in [-0.4, -0.2) is 38.5 Å². The van der Waals surface area contributed by atoms with Gasteiger partial charge in [0.25, 0.3) is 5.91 Å². The van der Waals surface area contributed by atoms with Crippen LogP contribution >= 0.6 is 0 Å². The Labute approximate surface area is 184 Å². The number of aliphatic hydroxyl groups is 1. The van der Waals surface area contributed by atoms with E-state index in [9.17, 15) is 14.3 Å². The van der Waals surface area contributed by atoms with Crippen molar-refractivity contribution in [3.63, 3.8) is 0 Å². The summed E-state index contributed by atoms with van der Waals surface area (Å²) < 4.78 is 21.5. The fourth-order valence-electron chi connectivity index (χ4n) is 3.67. The van der Waals surface area contributed by atoms with Gasteiger partial charge in [0.2, 0.25) is 0 Å². The number of nitrogens with zero attached hydrogens (tertiary/aromatic N) is 3. The first kappa shape index (κ1) is 21.5. The van der Waals surface area contributed by atoms with Gasteiger partial charge in [-0.2, -0.15) is 5.10 Å². The molecule has 0 unspecified atom stereocenters. The maximum Gasteiger partial charge on any atom is 0.258 e. The average Bonchev–Trinajstić information content (AvgIpc) is 3.28. The van der Waals surface area contributed by atoms with Crippen LogP contribution in [0.2, 0.25) is 0 Å². The number of benzene rings is 1. The number of amides is 1. The lowest BCUT2D eigenvalue weighted by molar-refractivity contribution is -0.110. The molecule has 0 radical (unpaired) electrons. The van der Waals surface area contributed by atoms with Crippen molar-refractivity contribution < 1.29 is 19.0 Å². The number of aromatic nitrogens is 3. The maximum absolute atomic E-state index is 14.6. The third-order valence-electron chi connectivity index (χ3n) is 4.98. The number of rotatable bonds is 6. The van der Waals surface area contributed by atoms with E-state index in [0.717, 1.165) is 0 Å². The minimum absolute atomic E-state index is 0.229. The predicted molar refractivity (Wildman–Crippen MR) is 120 cm³/mol. The van der Waals surface area contributed by atoms with Crippen LogP contribution in [-0.2, 0) is 11.3 Å². The number of hydrogen-bond acceptors (Lipinski definition) is 6. The van der Waals surface area contributed by atoms with Crippen molar-refractivity contribution in [2.45, 2.75) is 32.9 Å². The van der Waals surface area contributed by atoms with Crippen LogP contribution in [0.1, 0.15) is 26.3 Å². The first-order valence-corrected chi connectivity index (χ1v) is 10.0. The molecule has 32 heavy (non-hydrogen) atoms. The number of hydrogen-bond donors (Lipinski definition) is 3. The first-order chi connectivity index (χ1) is 15.2. The smallest absolute Gasteiger partial charge is 0.258 e. The van der Waals surface area contributed by atoms with E-state index in [1.54, 1.807) is 55.9 Å². The Balaban J connectivity index is 1.70. The van der Waals surface area contributed by atoms with Crippen molar-refractivity contribution in [2.24, 2.45) is 0 Å². The van der Waals surface area contributed by atoms with Crippen LogP contribution in [0.25, 0.3) is 16.8 Å². The summed E-state index contributed by atoms with van der Waals surface area (Å²) in [6.07, 6.45) is 3.25. The largest absolute Gasteiger partial charge is 0.496 e. The van der Waals surface area contributed by atoms with Gasteiger partial charge in [0.05, 0.1) is 48.0 Å². The van der Waals surface area contributed by atoms with Crippen LogP contribution in [0, 0.1) is 5.82 Å². The molecule has 3 aromatic rings. The summed E-state index contributed by atoms with van der Waals surface area (Å²) in [5, 5.41) is 20.3. The van der Waals surface area contributed by atoms with Gasteiger partial charge in [0.15, 0.2) is 5.82 Å². The van der Waals surface area contributed by atoms with Crippen LogP contribution in [0.4, 0.5) is 15.9 Å². The molecular formula is C23H24FN5O3. The summed E-state index contributed by atoms with van der Waals surface area (Å²) in [4.78, 5) is 17.0. The van der Waals surface area contributed by atoms with Crippen molar-refractivity contribution >= 4 is 23.0 Å². The topological polar surface area (TPSA) is 101 Å². The van der Waals surface area contributed by atoms with Gasteiger partial charge >= 0.3 is 0 Å². The van der Waals surface area contributed by atoms with Crippen LogP contribution in [0.15, 0.2) is 48.4 Å². The highest BCUT2D eigenvalue weighted by molar-refractivity contribution is 6.32. The second kappa shape index (κ2) is 8.08. The standard InChI is InChI=1S/C23H24FN5O3/c1-13(26-19-8-9-29(28-19)12-23(2,3)31)20-14-10-16(25-11-17(14)27-22(20)30)21-15(24)6-5-7-18(21)32-4/h5-11,31H,12H2,1-4H3,(H,26,28)(H,27,30). The zero-order chi connectivity index (χ0) is 23.0. The van der Waals surface area contributed by atoms with Crippen molar-refractivity contribution in [1.29, 1.82) is 0 Å². The van der Waals surface area contributed by atoms with E-state index in [0.29, 0.717) is 46.3 Å². The van der Waals surface area contributed by atoms with Crippen LogP contribution in [0.3, 0.4) is 0 Å². The zero-order valence-electron chi connectivity index (χ0n) is 18.2. The number of anilines is 2. The van der Waals surface area contributed by atoms with Crippen molar-refractivity contribution in [3.05, 3.63) is 59.8 Å². The molecule has 3 N–H and O–H groups in total. The Morgan fingerprint density at radius 1 is 1.34 bits per heavy atom. The molecule has 1 aliphatic heterocycles. The summed E-state index contributed by atoms with van der Waals surface area (Å²) in [6, 6.07) is 7.98. The normalized spacial score (nSPS) is 14.8. The van der Waals surface area contributed by atoms with Crippen LogP contribution in [0.5, 0.6) is 5.75 Å². The van der Waals surface area contributed by atoms with E-state index in [1.165, 1.54) is 19.4 Å². The lowest BCUT2D eigenvalue weighted by atomic mass is 10.0. The number of pyridine rings is 1. The van der Waals surface area contributed by atoms with E-state index in [2.05, 4.69) is 20.7 Å². The highest BCUT2D eigenvalue weighted by Crippen LogP contribution is 2.38. The van der Waals surface area contributed by atoms with Gasteiger partial charge in [0.1, 0.15) is 11.6 Å². The summed E-state index contributed by atoms with van der Waals surface area (Å²) in [5.74, 6) is 0.130. The Bertz CT molecular complexity index is 1230. The molecular weight excluding hydrogens is 413 g/mol. The van der Waals surface area contributed by atoms with Gasteiger partial charge < -0.3 is 20.5 Å². The number of allylic oxidation sites excluding steroid dienone is 1. The van der Waals surface area contributed by atoms with Gasteiger partial charge in [-0.15, -0.1) is 0 Å². The monoisotopic (exact) mass is 437 g/mol. The van der Waals surface area contributed by atoms with Crippen molar-refractivity contribution in [3.8, 4) is 17.0 Å². The second-order valence-corrected chi connectivity index (χ2v) is 8.22. The minimum atomic E-state index is -0.905. The van der Waals surface area contributed by atoms with Crippen LogP contribution < -0.4 is 15.4 Å². The molecule has 0 saturated carbocycles. The zero-order valence-corrected chi connectivity index (χ0v) is 18.2. The Hall–Kier alpha value is -3.72. The van der Waals surface area contributed by atoms with E-state index >= 15 is 0 Å². The molecule has 0 spiro atoms. The number of fused-ring (bicyclic) bond motifs is 1. The minimum Gasteiger partial charge on any atom is -0.496 e. The molecule has 3 heterocycles. The Kier molecular flexibility index (Phi) is 5.43. The molecule has 0 fully saturated rings. The molecule has 1 aliphatic rings. The SMILES string of the molecule is COc1cccc(F)c1-c1cc2c(cn1)NC(=O)C2=C(C)Nc1ccn(CC(C)(C)O)n1.